The zero-order valence-corrected chi connectivity index (χ0v) is 14.3. The molecular weight excluding hydrogens is 322 g/mol. The summed E-state index contributed by atoms with van der Waals surface area (Å²) in [7, 11) is 1.94. The van der Waals surface area contributed by atoms with E-state index < -0.39 is 0 Å². The predicted molar refractivity (Wildman–Crippen MR) is 91.6 cm³/mol. The predicted octanol–water partition coefficient (Wildman–Crippen LogP) is -0.539. The summed E-state index contributed by atoms with van der Waals surface area (Å²) < 4.78 is 8.78. The Labute approximate surface area is 145 Å². The van der Waals surface area contributed by atoms with E-state index >= 15 is 0 Å². The van der Waals surface area contributed by atoms with Gasteiger partial charge in [-0.2, -0.15) is 5.10 Å². The summed E-state index contributed by atoms with van der Waals surface area (Å²) in [6, 6.07) is 3.59. The zero-order chi connectivity index (χ0) is 17.4. The van der Waals surface area contributed by atoms with Gasteiger partial charge < -0.3 is 19.9 Å². The van der Waals surface area contributed by atoms with E-state index in [4.69, 9.17) is 10.5 Å². The number of nitrogens with two attached hydrogens (primary N) is 1. The fourth-order valence-electron chi connectivity index (χ4n) is 3.39. The number of rotatable bonds is 4. The fourth-order valence-corrected chi connectivity index (χ4v) is 3.39. The minimum atomic E-state index is -0.146. The molecule has 9 nitrogen and oxygen atoms in total. The maximum atomic E-state index is 12.2. The molecule has 1 aliphatic carbocycles. The summed E-state index contributed by atoms with van der Waals surface area (Å²) in [5.41, 5.74) is 5.72. The second-order valence-corrected chi connectivity index (χ2v) is 6.75. The molecule has 2 fully saturated rings. The molecule has 1 saturated carbocycles. The molecule has 3 heterocycles. The molecular formula is C16H23N7O2. The minimum absolute atomic E-state index is 0.146. The third kappa shape index (κ3) is 3.16. The fraction of sp³-hybridized carbons (Fsp3) is 0.625. The summed E-state index contributed by atoms with van der Waals surface area (Å²) in [4.78, 5) is 14.3. The van der Waals surface area contributed by atoms with Crippen molar-refractivity contribution in [2.45, 2.75) is 31.3 Å². The van der Waals surface area contributed by atoms with Gasteiger partial charge in [0.2, 0.25) is 0 Å². The normalized spacial score (nSPS) is 23.5. The van der Waals surface area contributed by atoms with Gasteiger partial charge in [0.1, 0.15) is 18.2 Å². The van der Waals surface area contributed by atoms with Crippen molar-refractivity contribution in [1.29, 1.82) is 0 Å². The molecule has 2 N–H and O–H groups in total. The quantitative estimate of drug-likeness (QED) is 0.794. The van der Waals surface area contributed by atoms with Crippen molar-refractivity contribution in [3.63, 3.8) is 0 Å². The number of nitrogens with zero attached hydrogens (tertiary/aromatic N) is 6. The van der Waals surface area contributed by atoms with Crippen LogP contribution in [0.2, 0.25) is 0 Å². The van der Waals surface area contributed by atoms with Crippen molar-refractivity contribution >= 4 is 5.82 Å². The van der Waals surface area contributed by atoms with E-state index in [-0.39, 0.29) is 11.6 Å². The molecule has 2 aromatic heterocycles. The van der Waals surface area contributed by atoms with Crippen LogP contribution in [0.4, 0.5) is 5.82 Å². The highest BCUT2D eigenvalue weighted by Crippen LogP contribution is 2.34. The Bertz CT molecular complexity index is 803. The average Bonchev–Trinajstić information content (AvgIpc) is 2.95. The summed E-state index contributed by atoms with van der Waals surface area (Å²) in [6.45, 7) is 3.22. The molecule has 0 radical (unpaired) electrons. The van der Waals surface area contributed by atoms with Crippen LogP contribution in [-0.2, 0) is 18.3 Å². The highest BCUT2D eigenvalue weighted by molar-refractivity contribution is 5.36. The summed E-state index contributed by atoms with van der Waals surface area (Å²) in [6.07, 6.45) is 1.88. The van der Waals surface area contributed by atoms with Crippen molar-refractivity contribution < 1.29 is 4.74 Å². The molecule has 1 aliphatic heterocycles. The van der Waals surface area contributed by atoms with E-state index in [1.54, 1.807) is 12.1 Å². The molecule has 25 heavy (non-hydrogen) atoms. The highest BCUT2D eigenvalue weighted by Gasteiger charge is 2.31. The third-order valence-electron chi connectivity index (χ3n) is 5.02. The van der Waals surface area contributed by atoms with Crippen LogP contribution in [0.3, 0.4) is 0 Å². The Morgan fingerprint density at radius 1 is 1.24 bits per heavy atom. The Morgan fingerprint density at radius 2 is 2.00 bits per heavy atom. The number of morpholine rings is 1. The monoisotopic (exact) mass is 345 g/mol. The van der Waals surface area contributed by atoms with Crippen LogP contribution in [0.15, 0.2) is 16.9 Å². The molecule has 2 aliphatic rings. The number of hydrogen-bond donors (Lipinski definition) is 1. The van der Waals surface area contributed by atoms with Crippen LogP contribution in [-0.4, -0.2) is 56.9 Å². The minimum Gasteiger partial charge on any atom is -0.378 e. The Kier molecular flexibility index (Phi) is 4.26. The van der Waals surface area contributed by atoms with E-state index in [9.17, 15) is 4.79 Å². The first-order valence-corrected chi connectivity index (χ1v) is 8.66. The van der Waals surface area contributed by atoms with Crippen molar-refractivity contribution in [2.24, 2.45) is 12.8 Å². The lowest BCUT2D eigenvalue weighted by molar-refractivity contribution is 0.122. The van der Waals surface area contributed by atoms with Gasteiger partial charge in [-0.25, -0.2) is 4.68 Å². The van der Waals surface area contributed by atoms with Crippen LogP contribution >= 0.6 is 0 Å². The lowest BCUT2D eigenvalue weighted by atomic mass is 9.80. The van der Waals surface area contributed by atoms with Gasteiger partial charge in [-0.1, -0.05) is 0 Å². The van der Waals surface area contributed by atoms with Crippen molar-refractivity contribution in [1.82, 2.24) is 24.5 Å². The van der Waals surface area contributed by atoms with Crippen molar-refractivity contribution in [3.05, 3.63) is 34.1 Å². The lowest BCUT2D eigenvalue weighted by Crippen LogP contribution is -2.38. The maximum Gasteiger partial charge on any atom is 0.267 e. The second-order valence-electron chi connectivity index (χ2n) is 6.75. The SMILES string of the molecule is Cn1c(Cn2nc(N3CCOCC3)ccc2=O)nnc1C1CC(N)C1. The number of hydrogen-bond acceptors (Lipinski definition) is 7. The molecule has 0 spiro atoms. The highest BCUT2D eigenvalue weighted by atomic mass is 16.5. The zero-order valence-electron chi connectivity index (χ0n) is 14.3. The van der Waals surface area contributed by atoms with Gasteiger partial charge in [-0.3, -0.25) is 4.79 Å². The molecule has 0 unspecified atom stereocenters. The van der Waals surface area contributed by atoms with Crippen LogP contribution < -0.4 is 16.2 Å². The van der Waals surface area contributed by atoms with E-state index in [0.717, 1.165) is 43.4 Å². The van der Waals surface area contributed by atoms with Crippen LogP contribution in [0, 0.1) is 0 Å². The smallest absolute Gasteiger partial charge is 0.267 e. The van der Waals surface area contributed by atoms with E-state index in [1.165, 1.54) is 4.68 Å². The molecule has 9 heteroatoms. The molecule has 1 saturated heterocycles. The van der Waals surface area contributed by atoms with Gasteiger partial charge in [0.05, 0.1) is 13.2 Å². The Hall–Kier alpha value is -2.26. The Balaban J connectivity index is 1.55. The molecule has 0 bridgehead atoms. The lowest BCUT2D eigenvalue weighted by Gasteiger charge is -2.31. The van der Waals surface area contributed by atoms with Crippen molar-refractivity contribution in [2.75, 3.05) is 31.2 Å². The molecule has 134 valence electrons. The summed E-state index contributed by atoms with van der Waals surface area (Å²) in [5.74, 6) is 2.82. The van der Waals surface area contributed by atoms with Gasteiger partial charge in [0.25, 0.3) is 5.56 Å². The van der Waals surface area contributed by atoms with Gasteiger partial charge in [-0.15, -0.1) is 10.2 Å². The van der Waals surface area contributed by atoms with Crippen LogP contribution in [0.5, 0.6) is 0 Å². The third-order valence-corrected chi connectivity index (χ3v) is 5.02. The summed E-state index contributed by atoms with van der Waals surface area (Å²) >= 11 is 0. The average molecular weight is 345 g/mol. The van der Waals surface area contributed by atoms with E-state index in [0.29, 0.717) is 25.7 Å². The molecule has 0 atom stereocenters. The van der Waals surface area contributed by atoms with Gasteiger partial charge in [0, 0.05) is 38.2 Å². The molecule has 0 amide bonds. The molecule has 4 rings (SSSR count). The van der Waals surface area contributed by atoms with E-state index in [1.807, 2.05) is 11.6 Å². The number of anilines is 1. The first kappa shape index (κ1) is 16.2. The van der Waals surface area contributed by atoms with E-state index in [2.05, 4.69) is 20.2 Å². The van der Waals surface area contributed by atoms with Crippen molar-refractivity contribution in [3.8, 4) is 0 Å². The topological polar surface area (TPSA) is 104 Å². The standard InChI is InChI=1S/C16H23N7O2/c1-21-14(18-19-16(21)11-8-12(17)9-11)10-23-15(24)3-2-13(20-23)22-4-6-25-7-5-22/h2-3,11-12H,4-10,17H2,1H3. The molecule has 2 aromatic rings. The van der Waals surface area contributed by atoms with Gasteiger partial charge in [0.15, 0.2) is 5.82 Å². The first-order chi connectivity index (χ1) is 12.1. The number of aromatic nitrogens is 5. The second kappa shape index (κ2) is 6.57. The Morgan fingerprint density at radius 3 is 2.72 bits per heavy atom. The first-order valence-electron chi connectivity index (χ1n) is 8.66. The maximum absolute atomic E-state index is 12.2. The van der Waals surface area contributed by atoms with Crippen LogP contribution in [0.25, 0.3) is 0 Å². The van der Waals surface area contributed by atoms with Gasteiger partial charge >= 0.3 is 0 Å². The van der Waals surface area contributed by atoms with Gasteiger partial charge in [-0.05, 0) is 18.9 Å². The number of ether oxygens (including phenoxy) is 1. The largest absolute Gasteiger partial charge is 0.378 e. The molecule has 0 aromatic carbocycles. The summed E-state index contributed by atoms with van der Waals surface area (Å²) in [5, 5.41) is 13.1. The van der Waals surface area contributed by atoms with Crippen LogP contribution in [0.1, 0.15) is 30.4 Å².